The third-order valence-electron chi connectivity index (χ3n) is 5.57. The Bertz CT molecular complexity index is 971. The topological polar surface area (TPSA) is 92.7 Å². The molecule has 8 heteroatoms. The minimum absolute atomic E-state index is 0.00772. The van der Waals surface area contributed by atoms with Crippen LogP contribution in [0.5, 0.6) is 0 Å². The summed E-state index contributed by atoms with van der Waals surface area (Å²) < 4.78 is 40.9. The molecule has 2 unspecified atom stereocenters. The Balaban J connectivity index is 0.000000292. The van der Waals surface area contributed by atoms with Crippen LogP contribution in [0, 0.1) is 0 Å². The van der Waals surface area contributed by atoms with Gasteiger partial charge in [-0.05, 0) is 30.4 Å². The average Bonchev–Trinajstić information content (AvgIpc) is 3.27. The molecule has 1 heterocycles. The van der Waals surface area contributed by atoms with Crippen LogP contribution in [0.4, 0.5) is 4.79 Å². The molecule has 1 saturated heterocycles. The molecule has 2 atom stereocenters. The van der Waals surface area contributed by atoms with Gasteiger partial charge in [-0.15, -0.1) is 0 Å². The molecule has 0 bridgehead atoms. The molecule has 0 aliphatic carbocycles. The van der Waals surface area contributed by atoms with Crippen molar-refractivity contribution in [2.75, 3.05) is 23.9 Å². The van der Waals surface area contributed by atoms with Gasteiger partial charge in [0.05, 0.1) is 16.7 Å². The molecular weight excluding hydrogens is 472 g/mol. The van der Waals surface area contributed by atoms with Gasteiger partial charge in [-0.2, -0.15) is 0 Å². The summed E-state index contributed by atoms with van der Waals surface area (Å²) in [5.41, 5.74) is 0. The second kappa shape index (κ2) is 15.3. The van der Waals surface area contributed by atoms with Gasteiger partial charge >= 0.3 is 6.16 Å². The second-order valence-electron chi connectivity index (χ2n) is 8.50. The molecule has 1 aliphatic rings. The van der Waals surface area contributed by atoms with Crippen LogP contribution >= 0.6 is 0 Å². The average molecular weight is 511 g/mol. The molecule has 0 spiro atoms. The number of ether oxygens (including phenoxy) is 2. The van der Waals surface area contributed by atoms with Crippen LogP contribution in [-0.2, 0) is 30.5 Å². The Morgan fingerprint density at radius 3 is 2.44 bits per heavy atom. The quantitative estimate of drug-likeness (QED) is 0.158. The lowest BCUT2D eigenvalue weighted by atomic mass is 10.1. The molecule has 0 amide bonds. The highest BCUT2D eigenvalue weighted by atomic mass is 32.2. The summed E-state index contributed by atoms with van der Waals surface area (Å²) in [6.07, 6.45) is 7.18. The van der Waals surface area contributed by atoms with Crippen LogP contribution in [-0.4, -0.2) is 49.1 Å². The molecule has 6 nitrogen and oxygen atoms in total. The summed E-state index contributed by atoms with van der Waals surface area (Å²) in [7, 11) is -3.82. The zero-order valence-electron chi connectivity index (χ0n) is 20.4. The first kappa shape index (κ1) is 28.5. The molecule has 2 aromatic rings. The molecule has 34 heavy (non-hydrogen) atoms. The molecule has 1 aliphatic heterocycles. The Kier molecular flexibility index (Phi) is 12.8. The van der Waals surface area contributed by atoms with E-state index < -0.39 is 16.3 Å². The standard InChI is InChI=1S/C18H21O3S.C8H18O3S/c1-2-11-20-18(19)21-15-10-12-22(13-15)17-9-5-7-14-6-3-4-8-16(14)17;1-2-3-4-5-6-7-8-12(9,10)11/h3-9,15H,2,10-13H2,1H3;2-8H2,1H3,(H,9,10,11)/q+1;/p-1. The number of fused-ring (bicyclic) bond motifs is 1. The van der Waals surface area contributed by atoms with Crippen LogP contribution in [0.1, 0.15) is 65.2 Å². The Morgan fingerprint density at radius 1 is 1.00 bits per heavy atom. The summed E-state index contributed by atoms with van der Waals surface area (Å²) >= 11 is 0. The number of carbonyl (C=O) groups is 1. The van der Waals surface area contributed by atoms with Crippen molar-refractivity contribution < 1.29 is 27.2 Å². The third kappa shape index (κ3) is 10.7. The van der Waals surface area contributed by atoms with E-state index in [9.17, 15) is 17.8 Å². The van der Waals surface area contributed by atoms with Crippen molar-refractivity contribution in [1.29, 1.82) is 0 Å². The summed E-state index contributed by atoms with van der Waals surface area (Å²) in [5, 5.41) is 2.60. The first-order valence-electron chi connectivity index (χ1n) is 12.3. The van der Waals surface area contributed by atoms with Crippen LogP contribution in [0.15, 0.2) is 47.4 Å². The first-order valence-corrected chi connectivity index (χ1v) is 15.4. The highest BCUT2D eigenvalue weighted by molar-refractivity contribution is 7.97. The first-order chi connectivity index (χ1) is 16.3. The molecule has 0 aromatic heterocycles. The van der Waals surface area contributed by atoms with Gasteiger partial charge in [0.2, 0.25) is 0 Å². The fraction of sp³-hybridized carbons (Fsp3) is 0.577. The second-order valence-corrected chi connectivity index (χ2v) is 12.2. The van der Waals surface area contributed by atoms with E-state index in [1.54, 1.807) is 0 Å². The van der Waals surface area contributed by atoms with Crippen LogP contribution < -0.4 is 0 Å². The zero-order valence-corrected chi connectivity index (χ0v) is 22.0. The number of hydrogen-bond acceptors (Lipinski definition) is 6. The van der Waals surface area contributed by atoms with E-state index in [1.165, 1.54) is 28.5 Å². The highest BCUT2D eigenvalue weighted by Gasteiger charge is 2.38. The van der Waals surface area contributed by atoms with Gasteiger partial charge in [0, 0.05) is 28.5 Å². The predicted octanol–water partition coefficient (Wildman–Crippen LogP) is 6.04. The third-order valence-corrected chi connectivity index (χ3v) is 8.84. The van der Waals surface area contributed by atoms with Gasteiger partial charge in [-0.25, -0.2) is 13.2 Å². The van der Waals surface area contributed by atoms with Gasteiger partial charge in [-0.1, -0.05) is 76.3 Å². The minimum Gasteiger partial charge on any atom is -0.748 e. The zero-order chi connectivity index (χ0) is 24.8. The molecule has 0 saturated carbocycles. The van der Waals surface area contributed by atoms with E-state index in [4.69, 9.17) is 9.47 Å². The summed E-state index contributed by atoms with van der Waals surface area (Å²) in [6, 6.07) is 15.0. The van der Waals surface area contributed by atoms with E-state index in [0.29, 0.717) is 13.0 Å². The van der Waals surface area contributed by atoms with E-state index in [1.807, 2.05) is 6.92 Å². The molecule has 1 fully saturated rings. The van der Waals surface area contributed by atoms with Crippen LogP contribution in [0.3, 0.4) is 0 Å². The van der Waals surface area contributed by atoms with Crippen molar-refractivity contribution in [3.05, 3.63) is 42.5 Å². The number of unbranched alkanes of at least 4 members (excludes halogenated alkanes) is 5. The smallest absolute Gasteiger partial charge is 0.508 e. The molecule has 0 radical (unpaired) electrons. The number of hydrogen-bond donors (Lipinski definition) is 0. The van der Waals surface area contributed by atoms with Gasteiger partial charge in [0.25, 0.3) is 0 Å². The van der Waals surface area contributed by atoms with Crippen molar-refractivity contribution in [3.8, 4) is 0 Å². The molecule has 2 aromatic carbocycles. The summed E-state index contributed by atoms with van der Waals surface area (Å²) in [4.78, 5) is 13.0. The normalized spacial score (nSPS) is 17.7. The maximum atomic E-state index is 11.6. The van der Waals surface area contributed by atoms with E-state index in [0.717, 1.165) is 43.6 Å². The summed E-state index contributed by atoms with van der Waals surface area (Å²) in [6.45, 7) is 4.53. The van der Waals surface area contributed by atoms with Gasteiger partial charge < -0.3 is 14.0 Å². The monoisotopic (exact) mass is 510 g/mol. The van der Waals surface area contributed by atoms with Crippen LogP contribution in [0.25, 0.3) is 10.8 Å². The molecule has 190 valence electrons. The summed E-state index contributed by atoms with van der Waals surface area (Å²) in [5.74, 6) is 1.80. The largest absolute Gasteiger partial charge is 0.748 e. The number of carbonyl (C=O) groups excluding carboxylic acids is 1. The lowest BCUT2D eigenvalue weighted by Crippen LogP contribution is -2.20. The lowest BCUT2D eigenvalue weighted by molar-refractivity contribution is 0.0315. The van der Waals surface area contributed by atoms with Crippen molar-refractivity contribution in [3.63, 3.8) is 0 Å². The van der Waals surface area contributed by atoms with Gasteiger partial charge in [0.1, 0.15) is 5.75 Å². The fourth-order valence-electron chi connectivity index (χ4n) is 3.82. The van der Waals surface area contributed by atoms with E-state index in [2.05, 4.69) is 49.4 Å². The van der Waals surface area contributed by atoms with Crippen molar-refractivity contribution in [2.45, 2.75) is 76.2 Å². The van der Waals surface area contributed by atoms with Crippen LogP contribution in [0.2, 0.25) is 0 Å². The molecule has 0 N–H and O–H groups in total. The van der Waals surface area contributed by atoms with Crippen molar-refractivity contribution in [2.24, 2.45) is 0 Å². The molecule has 3 rings (SSSR count). The van der Waals surface area contributed by atoms with Gasteiger partial charge in [0.15, 0.2) is 16.8 Å². The minimum atomic E-state index is -3.97. The van der Waals surface area contributed by atoms with Crippen molar-refractivity contribution in [1.82, 2.24) is 0 Å². The maximum Gasteiger partial charge on any atom is 0.508 e. The Morgan fingerprint density at radius 2 is 1.71 bits per heavy atom. The van der Waals surface area contributed by atoms with E-state index >= 15 is 0 Å². The fourth-order valence-corrected chi connectivity index (χ4v) is 6.94. The SMILES string of the molecule is CCCCCCCCS(=O)(=O)[O-].CCCOC(=O)OC1CC[S+](c2cccc3ccccc23)C1. The van der Waals surface area contributed by atoms with Crippen molar-refractivity contribution >= 4 is 37.9 Å². The van der Waals surface area contributed by atoms with E-state index in [-0.39, 0.29) is 22.8 Å². The van der Waals surface area contributed by atoms with Gasteiger partial charge in [-0.3, -0.25) is 0 Å². The Hall–Kier alpha value is -1.77. The highest BCUT2D eigenvalue weighted by Crippen LogP contribution is 2.30. The predicted molar refractivity (Wildman–Crippen MR) is 138 cm³/mol. The lowest BCUT2D eigenvalue weighted by Gasteiger charge is -2.09. The number of benzene rings is 2. The Labute approximate surface area is 207 Å². The number of rotatable bonds is 11. The maximum absolute atomic E-state index is 11.6. The molecular formula is C26H38O6S2.